The lowest BCUT2D eigenvalue weighted by atomic mass is 9.63. The van der Waals surface area contributed by atoms with Gasteiger partial charge in [0.15, 0.2) is 0 Å². The third-order valence-corrected chi connectivity index (χ3v) is 15.2. The number of hydrogen-bond acceptors (Lipinski definition) is 9. The summed E-state index contributed by atoms with van der Waals surface area (Å²) in [5, 5.41) is -0.0786. The Kier molecular flexibility index (Phi) is 11.5. The number of halogens is 1. The van der Waals surface area contributed by atoms with Crippen molar-refractivity contribution in [2.45, 2.75) is 68.1 Å². The molecule has 2 aromatic rings. The quantitative estimate of drug-likeness (QED) is 0.381. The number of aryl methyl sites for hydroxylation is 1. The largest absolute Gasteiger partial charge is 0.490 e. The van der Waals surface area contributed by atoms with Gasteiger partial charge >= 0.3 is 0 Å². The summed E-state index contributed by atoms with van der Waals surface area (Å²) >= 11 is 6.51. The van der Waals surface area contributed by atoms with Gasteiger partial charge in [0.05, 0.1) is 17.5 Å². The molecule has 3 heterocycles. The van der Waals surface area contributed by atoms with Crippen LogP contribution in [-0.4, -0.2) is 115 Å². The van der Waals surface area contributed by atoms with Gasteiger partial charge in [-0.2, -0.15) is 0 Å². The van der Waals surface area contributed by atoms with E-state index in [2.05, 4.69) is 50.8 Å². The molecule has 1 saturated carbocycles. The van der Waals surface area contributed by atoms with E-state index in [1.54, 1.807) is 13.2 Å². The number of nitrogens with zero attached hydrogens (tertiary/aromatic N) is 3. The van der Waals surface area contributed by atoms with Crippen LogP contribution in [0.4, 0.5) is 5.69 Å². The van der Waals surface area contributed by atoms with Gasteiger partial charge in [0.25, 0.3) is 5.91 Å². The van der Waals surface area contributed by atoms with Crippen molar-refractivity contribution in [1.29, 1.82) is 0 Å². The Labute approximate surface area is 321 Å². The normalized spacial score (nSPS) is 32.8. The first-order chi connectivity index (χ1) is 25.5. The minimum absolute atomic E-state index is 0.257. The number of sulfonamides is 1. The maximum absolute atomic E-state index is 14.0. The molecule has 2 bridgehead atoms. The van der Waals surface area contributed by atoms with Crippen molar-refractivity contribution < 1.29 is 27.4 Å². The average Bonchev–Trinajstić information content (AvgIpc) is 3.27. The number of carbonyl (C=O) groups excluding carboxylic acids is 1. The van der Waals surface area contributed by atoms with E-state index >= 15 is 0 Å². The minimum Gasteiger partial charge on any atom is -0.490 e. The number of nitrogens with one attached hydrogen (secondary N) is 1. The molecular formula is C41H57ClN4O6S. The van der Waals surface area contributed by atoms with Crippen LogP contribution in [0.2, 0.25) is 5.02 Å². The number of carbonyl (C=O) groups is 1. The fourth-order valence-corrected chi connectivity index (χ4v) is 11.6. The number of anilines is 1. The second-order valence-corrected chi connectivity index (χ2v) is 18.7. The van der Waals surface area contributed by atoms with E-state index in [0.717, 1.165) is 82.1 Å². The molecule has 10 nitrogen and oxygen atoms in total. The van der Waals surface area contributed by atoms with Crippen LogP contribution in [0.15, 0.2) is 48.6 Å². The number of likely N-dealkylation sites (N-methyl/N-ethyl adjacent to an activating group) is 1. The van der Waals surface area contributed by atoms with E-state index in [1.165, 1.54) is 11.1 Å². The Hall–Kier alpha value is -2.67. The minimum atomic E-state index is -4.06. The highest BCUT2D eigenvalue weighted by atomic mass is 35.5. The topological polar surface area (TPSA) is 101 Å². The van der Waals surface area contributed by atoms with Crippen LogP contribution < -0.4 is 14.4 Å². The van der Waals surface area contributed by atoms with Crippen LogP contribution in [-0.2, 0) is 31.3 Å². The number of fused-ring (bicyclic) bond motifs is 4. The Balaban J connectivity index is 1.32. The molecule has 3 aliphatic heterocycles. The van der Waals surface area contributed by atoms with Crippen molar-refractivity contribution in [2.75, 3.05) is 85.2 Å². The zero-order chi connectivity index (χ0) is 37.4. The fraction of sp³-hybridized carbons (Fsp3) is 0.634. The van der Waals surface area contributed by atoms with Gasteiger partial charge in [-0.3, -0.25) is 9.69 Å². The van der Waals surface area contributed by atoms with Gasteiger partial charge in [0.1, 0.15) is 11.4 Å². The Morgan fingerprint density at radius 3 is 2.62 bits per heavy atom. The molecule has 1 N–H and O–H groups in total. The summed E-state index contributed by atoms with van der Waals surface area (Å²) in [6, 6.07) is 11.6. The summed E-state index contributed by atoms with van der Waals surface area (Å²) in [4.78, 5) is 21.2. The number of allylic oxidation sites excluding steroid dienone is 1. The summed E-state index contributed by atoms with van der Waals surface area (Å²) in [6.07, 6.45) is 10.3. The molecule has 12 heteroatoms. The first-order valence-corrected chi connectivity index (χ1v) is 21.4. The summed E-state index contributed by atoms with van der Waals surface area (Å²) in [6.45, 7) is 8.98. The Morgan fingerprint density at radius 2 is 1.89 bits per heavy atom. The molecular weight excluding hydrogens is 712 g/mol. The summed E-state index contributed by atoms with van der Waals surface area (Å²) in [7, 11) is 1.54. The number of rotatable bonds is 6. The van der Waals surface area contributed by atoms with Crippen LogP contribution in [0.25, 0.3) is 0 Å². The van der Waals surface area contributed by atoms with Gasteiger partial charge in [0, 0.05) is 82.6 Å². The molecule has 7 rings (SSSR count). The number of hydrogen-bond donors (Lipinski definition) is 1. The summed E-state index contributed by atoms with van der Waals surface area (Å²) < 4.78 is 49.2. The molecule has 0 unspecified atom stereocenters. The second kappa shape index (κ2) is 15.8. The van der Waals surface area contributed by atoms with Gasteiger partial charge < -0.3 is 24.0 Å². The van der Waals surface area contributed by atoms with Crippen LogP contribution in [0.1, 0.15) is 66.9 Å². The number of piperazine rings is 1. The van der Waals surface area contributed by atoms with Gasteiger partial charge in [-0.25, -0.2) is 13.1 Å². The maximum atomic E-state index is 14.0. The molecule has 2 fully saturated rings. The van der Waals surface area contributed by atoms with Crippen molar-refractivity contribution in [3.05, 3.63) is 70.3 Å². The lowest BCUT2D eigenvalue weighted by molar-refractivity contribution is -0.0949. The van der Waals surface area contributed by atoms with Crippen LogP contribution in [0.5, 0.6) is 5.75 Å². The van der Waals surface area contributed by atoms with Crippen LogP contribution >= 0.6 is 11.6 Å². The van der Waals surface area contributed by atoms with Gasteiger partial charge in [-0.15, -0.1) is 0 Å². The summed E-state index contributed by atoms with van der Waals surface area (Å²) in [5.74, 6) is 0.401. The van der Waals surface area contributed by atoms with Gasteiger partial charge in [-0.05, 0) is 111 Å². The molecule has 2 aromatic carbocycles. The standard InChI is InChI=1S/C41H57ClN4O6S/c1-29-7-5-17-41(51-4,27-45-20-18-44(2)19-21-45)35-12-9-32(35)25-46-26-40(16-6-8-30-23-33(42)11-13-34(30)40)28-52-37-14-10-31(24-36(37)46)39(47)43-53(48,49)38(29)15-22-50-3/h5,10-11,13-14,17,23-24,29,32,35,38H,6-9,12,15-16,18-22,25-28H2,1-4H3,(H,43,47)/b17-5-/t29-,32-,35+,38+,40-,41+/m0/s1. The molecule has 6 atom stereocenters. The van der Waals surface area contributed by atoms with E-state index in [0.29, 0.717) is 36.8 Å². The zero-order valence-corrected chi connectivity index (χ0v) is 33.4. The molecule has 2 aliphatic carbocycles. The number of ether oxygens (including phenoxy) is 3. The molecule has 5 aliphatic rings. The number of benzene rings is 2. The number of amides is 1. The predicted octanol–water partition coefficient (Wildman–Crippen LogP) is 5.53. The van der Waals surface area contributed by atoms with Gasteiger partial charge in [0.2, 0.25) is 10.0 Å². The maximum Gasteiger partial charge on any atom is 0.264 e. The smallest absolute Gasteiger partial charge is 0.264 e. The zero-order valence-electron chi connectivity index (χ0n) is 31.8. The van der Waals surface area contributed by atoms with Crippen molar-refractivity contribution in [3.8, 4) is 5.75 Å². The van der Waals surface area contributed by atoms with Crippen molar-refractivity contribution in [1.82, 2.24) is 14.5 Å². The Morgan fingerprint density at radius 1 is 1.08 bits per heavy atom. The predicted molar refractivity (Wildman–Crippen MR) is 210 cm³/mol. The molecule has 1 spiro atoms. The highest BCUT2D eigenvalue weighted by Gasteiger charge is 2.50. The molecule has 1 amide bonds. The number of methoxy groups -OCH3 is 2. The highest BCUT2D eigenvalue weighted by Crippen LogP contribution is 2.49. The van der Waals surface area contributed by atoms with E-state index < -0.39 is 26.8 Å². The van der Waals surface area contributed by atoms with E-state index in [4.69, 9.17) is 25.8 Å². The van der Waals surface area contributed by atoms with E-state index in [-0.39, 0.29) is 30.3 Å². The van der Waals surface area contributed by atoms with Crippen LogP contribution in [0.3, 0.4) is 0 Å². The van der Waals surface area contributed by atoms with Crippen molar-refractivity contribution in [3.63, 3.8) is 0 Å². The lowest BCUT2D eigenvalue weighted by Crippen LogP contribution is -2.58. The molecule has 0 radical (unpaired) electrons. The Bertz CT molecular complexity index is 1780. The molecule has 53 heavy (non-hydrogen) atoms. The third-order valence-electron chi connectivity index (χ3n) is 13.0. The lowest BCUT2D eigenvalue weighted by Gasteiger charge is -2.52. The molecule has 290 valence electrons. The van der Waals surface area contributed by atoms with Crippen LogP contribution in [0, 0.1) is 17.8 Å². The second-order valence-electron chi connectivity index (χ2n) is 16.4. The average molecular weight is 769 g/mol. The summed E-state index contributed by atoms with van der Waals surface area (Å²) in [5.41, 5.74) is 2.86. The SMILES string of the molecule is COCC[C@@H]1[C@@H](C)C/C=C\[C@](CN2CCN(C)CC2)(OC)[C@@H]2CC[C@H]2CN2C[C@@]3(CCCc4cc(Cl)ccc43)COc3ccc(cc32)C(=O)NS1(=O)=O. The van der Waals surface area contributed by atoms with E-state index in [1.807, 2.05) is 32.2 Å². The van der Waals surface area contributed by atoms with E-state index in [9.17, 15) is 13.2 Å². The third kappa shape index (κ3) is 7.89. The highest BCUT2D eigenvalue weighted by molar-refractivity contribution is 7.90. The van der Waals surface area contributed by atoms with Gasteiger partial charge in [-0.1, -0.05) is 36.7 Å². The fourth-order valence-electron chi connectivity index (χ4n) is 9.78. The first-order valence-electron chi connectivity index (χ1n) is 19.5. The first kappa shape index (κ1) is 38.6. The monoisotopic (exact) mass is 768 g/mol. The van der Waals surface area contributed by atoms with Crippen molar-refractivity contribution in [2.24, 2.45) is 17.8 Å². The van der Waals surface area contributed by atoms with Crippen molar-refractivity contribution >= 4 is 33.2 Å². The molecule has 1 saturated heterocycles. The molecule has 0 aromatic heterocycles.